The zero-order valence-corrected chi connectivity index (χ0v) is 18.6. The molecule has 164 valence electrons. The highest BCUT2D eigenvalue weighted by Crippen LogP contribution is 2.35. The van der Waals surface area contributed by atoms with E-state index in [1.54, 1.807) is 19.1 Å². The Morgan fingerprint density at radius 3 is 2.38 bits per heavy atom. The van der Waals surface area contributed by atoms with Gasteiger partial charge in [-0.3, -0.25) is 4.79 Å². The molecule has 3 nitrogen and oxygen atoms in total. The maximum atomic E-state index is 13.6. The Morgan fingerprint density at radius 1 is 0.969 bits per heavy atom. The molecular weight excluding hydrogens is 432 g/mol. The summed E-state index contributed by atoms with van der Waals surface area (Å²) in [6.45, 7) is 5.49. The highest BCUT2D eigenvalue weighted by Gasteiger charge is 2.21. The second kappa shape index (κ2) is 8.75. The van der Waals surface area contributed by atoms with Crippen molar-refractivity contribution in [2.24, 2.45) is 0 Å². The number of halogens is 3. The Hall–Kier alpha value is -3.18. The molecule has 1 aromatic heterocycles. The third-order valence-corrected chi connectivity index (χ3v) is 5.75. The number of aryl methyl sites for hydroxylation is 1. The van der Waals surface area contributed by atoms with Gasteiger partial charge in [0.2, 0.25) is 0 Å². The molecule has 1 atom stereocenters. The minimum atomic E-state index is -2.68. The molecule has 0 amide bonds. The summed E-state index contributed by atoms with van der Waals surface area (Å²) in [6, 6.07) is 17.1. The van der Waals surface area contributed by atoms with Gasteiger partial charge in [-0.05, 0) is 50.6 Å². The van der Waals surface area contributed by atoms with Gasteiger partial charge in [0.1, 0.15) is 11.3 Å². The Kier molecular flexibility index (Phi) is 6.02. The van der Waals surface area contributed by atoms with Crippen molar-refractivity contribution in [1.29, 1.82) is 0 Å². The predicted octanol–water partition coefficient (Wildman–Crippen LogP) is 7.84. The number of alkyl halides is 2. The summed E-state index contributed by atoms with van der Waals surface area (Å²) in [6.07, 6.45) is -2.68. The van der Waals surface area contributed by atoms with Crippen LogP contribution in [0.3, 0.4) is 0 Å². The number of benzene rings is 3. The van der Waals surface area contributed by atoms with Crippen molar-refractivity contribution in [3.05, 3.63) is 98.2 Å². The molecule has 1 N–H and O–H groups in total. The van der Waals surface area contributed by atoms with Crippen LogP contribution in [0.5, 0.6) is 0 Å². The van der Waals surface area contributed by atoms with E-state index in [2.05, 4.69) is 5.32 Å². The lowest BCUT2D eigenvalue weighted by molar-refractivity contribution is 0.152. The lowest BCUT2D eigenvalue weighted by Gasteiger charge is -2.20. The summed E-state index contributed by atoms with van der Waals surface area (Å²) in [5, 5.41) is 3.86. The predicted molar refractivity (Wildman–Crippen MR) is 126 cm³/mol. The molecule has 0 aliphatic heterocycles. The van der Waals surface area contributed by atoms with Crippen molar-refractivity contribution in [3.8, 4) is 11.3 Å². The number of fused-ring (bicyclic) bond motifs is 1. The van der Waals surface area contributed by atoms with Crippen molar-refractivity contribution in [1.82, 2.24) is 0 Å². The van der Waals surface area contributed by atoms with Gasteiger partial charge in [-0.2, -0.15) is 0 Å². The number of anilines is 1. The van der Waals surface area contributed by atoms with Gasteiger partial charge in [0, 0.05) is 33.0 Å². The van der Waals surface area contributed by atoms with Gasteiger partial charge >= 0.3 is 0 Å². The van der Waals surface area contributed by atoms with Crippen molar-refractivity contribution >= 4 is 28.3 Å². The fraction of sp³-hybridized carbons (Fsp3) is 0.192. The molecule has 0 fully saturated rings. The van der Waals surface area contributed by atoms with Gasteiger partial charge in [-0.1, -0.05) is 48.0 Å². The third kappa shape index (κ3) is 4.13. The molecule has 0 bridgehead atoms. The SMILES string of the molecule is Cc1cc([C@@H](C)Nc2ccc(Cl)cc2C(F)F)c2oc(-c3ccccc3)c(C)c(=O)c2c1. The first-order valence-corrected chi connectivity index (χ1v) is 10.6. The van der Waals surface area contributed by atoms with Gasteiger partial charge < -0.3 is 9.73 Å². The van der Waals surface area contributed by atoms with E-state index >= 15 is 0 Å². The van der Waals surface area contributed by atoms with Gasteiger partial charge in [0.25, 0.3) is 6.43 Å². The van der Waals surface area contributed by atoms with E-state index in [0.29, 0.717) is 27.9 Å². The van der Waals surface area contributed by atoms with Crippen LogP contribution >= 0.6 is 11.6 Å². The van der Waals surface area contributed by atoms with Crippen LogP contribution in [0.25, 0.3) is 22.3 Å². The zero-order valence-electron chi connectivity index (χ0n) is 17.9. The second-order valence-corrected chi connectivity index (χ2v) is 8.32. The van der Waals surface area contributed by atoms with E-state index in [0.717, 1.165) is 11.1 Å². The Balaban J connectivity index is 1.87. The highest BCUT2D eigenvalue weighted by molar-refractivity contribution is 6.30. The topological polar surface area (TPSA) is 42.2 Å². The fourth-order valence-electron chi connectivity index (χ4n) is 3.91. The van der Waals surface area contributed by atoms with Crippen LogP contribution in [0.2, 0.25) is 5.02 Å². The molecular formula is C26H22ClF2NO2. The molecule has 4 rings (SSSR count). The lowest BCUT2D eigenvalue weighted by Crippen LogP contribution is -2.13. The van der Waals surface area contributed by atoms with Crippen LogP contribution in [0.15, 0.2) is 69.9 Å². The Bertz CT molecular complexity index is 1350. The normalized spacial score (nSPS) is 12.3. The quantitative estimate of drug-likeness (QED) is 0.334. The molecule has 0 saturated carbocycles. The molecule has 1 heterocycles. The van der Waals surface area contributed by atoms with Crippen LogP contribution in [-0.2, 0) is 0 Å². The van der Waals surface area contributed by atoms with Gasteiger partial charge in [0.05, 0.1) is 11.4 Å². The van der Waals surface area contributed by atoms with Crippen molar-refractivity contribution in [3.63, 3.8) is 0 Å². The summed E-state index contributed by atoms with van der Waals surface area (Å²) < 4.78 is 33.4. The first-order valence-electron chi connectivity index (χ1n) is 10.2. The molecule has 6 heteroatoms. The third-order valence-electron chi connectivity index (χ3n) is 5.52. The first-order chi connectivity index (χ1) is 15.3. The molecule has 3 aromatic carbocycles. The fourth-order valence-corrected chi connectivity index (χ4v) is 4.09. The summed E-state index contributed by atoms with van der Waals surface area (Å²) in [5.41, 5.74) is 3.36. The molecule has 0 aliphatic rings. The van der Waals surface area contributed by atoms with Crippen LogP contribution in [0.4, 0.5) is 14.5 Å². The van der Waals surface area contributed by atoms with Gasteiger partial charge in [-0.15, -0.1) is 0 Å². The van der Waals surface area contributed by atoms with E-state index < -0.39 is 12.5 Å². The molecule has 0 aliphatic carbocycles. The average molecular weight is 454 g/mol. The minimum Gasteiger partial charge on any atom is -0.455 e. The summed E-state index contributed by atoms with van der Waals surface area (Å²) >= 11 is 5.91. The molecule has 0 unspecified atom stereocenters. The monoisotopic (exact) mass is 453 g/mol. The zero-order chi connectivity index (χ0) is 23.0. The first kappa shape index (κ1) is 22.0. The largest absolute Gasteiger partial charge is 0.455 e. The number of hydrogen-bond donors (Lipinski definition) is 1. The van der Waals surface area contributed by atoms with Crippen LogP contribution in [0, 0.1) is 13.8 Å². The lowest BCUT2D eigenvalue weighted by atomic mass is 9.98. The maximum absolute atomic E-state index is 13.6. The average Bonchev–Trinajstić information content (AvgIpc) is 2.77. The van der Waals surface area contributed by atoms with E-state index in [1.807, 2.05) is 50.2 Å². The van der Waals surface area contributed by atoms with Gasteiger partial charge in [-0.25, -0.2) is 8.78 Å². The van der Waals surface area contributed by atoms with E-state index in [-0.39, 0.29) is 21.7 Å². The standard InChI is InChI=1S/C26H22ClF2NO2/c1-14-11-19(16(3)30-22-10-9-18(27)13-20(22)26(28)29)25-21(12-14)23(31)15(2)24(32-25)17-7-5-4-6-8-17/h4-13,16,26,30H,1-3H3/t16-/m1/s1. The smallest absolute Gasteiger partial charge is 0.265 e. The number of nitrogens with one attached hydrogen (secondary N) is 1. The van der Waals surface area contributed by atoms with Crippen molar-refractivity contribution < 1.29 is 13.2 Å². The number of rotatable bonds is 5. The van der Waals surface area contributed by atoms with Gasteiger partial charge in [0.15, 0.2) is 5.43 Å². The second-order valence-electron chi connectivity index (χ2n) is 7.88. The van der Waals surface area contributed by atoms with Crippen LogP contribution in [-0.4, -0.2) is 0 Å². The summed E-state index contributed by atoms with van der Waals surface area (Å²) in [4.78, 5) is 13.2. The summed E-state index contributed by atoms with van der Waals surface area (Å²) in [5.74, 6) is 0.500. The molecule has 32 heavy (non-hydrogen) atoms. The highest BCUT2D eigenvalue weighted by atomic mass is 35.5. The van der Waals surface area contributed by atoms with Crippen LogP contribution < -0.4 is 10.7 Å². The minimum absolute atomic E-state index is 0.109. The molecule has 0 radical (unpaired) electrons. The number of hydrogen-bond acceptors (Lipinski definition) is 3. The van der Waals surface area contributed by atoms with Crippen LogP contribution in [0.1, 0.15) is 41.6 Å². The Morgan fingerprint density at radius 2 is 1.69 bits per heavy atom. The van der Waals surface area contributed by atoms with E-state index in [4.69, 9.17) is 16.0 Å². The van der Waals surface area contributed by atoms with Crippen molar-refractivity contribution in [2.75, 3.05) is 5.32 Å². The van der Waals surface area contributed by atoms with E-state index in [1.165, 1.54) is 12.1 Å². The van der Waals surface area contributed by atoms with E-state index in [9.17, 15) is 13.6 Å². The Labute approximate surface area is 189 Å². The molecule has 0 saturated heterocycles. The summed E-state index contributed by atoms with van der Waals surface area (Å²) in [7, 11) is 0. The molecule has 0 spiro atoms. The maximum Gasteiger partial charge on any atom is 0.265 e. The van der Waals surface area contributed by atoms with Crippen molar-refractivity contribution in [2.45, 2.75) is 33.2 Å². The molecule has 4 aromatic rings.